The molecule has 0 aliphatic rings. The molecule has 0 saturated heterocycles. The number of likely N-dealkylation sites (N-methyl/N-ethyl adjacent to an activating group) is 1. The van der Waals surface area contributed by atoms with Crippen LogP contribution in [0, 0.1) is 6.92 Å². The summed E-state index contributed by atoms with van der Waals surface area (Å²) in [6, 6.07) is 4.95. The quantitative estimate of drug-likeness (QED) is 0.827. The highest BCUT2D eigenvalue weighted by Crippen LogP contribution is 2.28. The van der Waals surface area contributed by atoms with Gasteiger partial charge in [0.2, 0.25) is 0 Å². The van der Waals surface area contributed by atoms with Crippen molar-refractivity contribution in [3.63, 3.8) is 0 Å². The van der Waals surface area contributed by atoms with Gasteiger partial charge >= 0.3 is 0 Å². The Morgan fingerprint density at radius 1 is 1.44 bits per heavy atom. The zero-order valence-electron chi connectivity index (χ0n) is 10.9. The van der Waals surface area contributed by atoms with Gasteiger partial charge in [-0.05, 0) is 46.0 Å². The second kappa shape index (κ2) is 6.38. The first-order valence-electron chi connectivity index (χ1n) is 6.08. The molecule has 1 aromatic rings. The molecular weight excluding hydrogens is 216 g/mol. The number of nitrogens with zero attached hydrogens (tertiary/aromatic N) is 1. The molecule has 16 heavy (non-hydrogen) atoms. The first kappa shape index (κ1) is 13.7. The number of unbranched alkanes of at least 4 members (excludes halogenated alkanes) is 1. The number of hydrogen-bond donors (Lipinski definition) is 1. The average molecular weight is 240 g/mol. The molecule has 0 amide bonds. The van der Waals surface area contributed by atoms with E-state index in [1.165, 1.54) is 22.6 Å². The summed E-state index contributed by atoms with van der Waals surface area (Å²) in [5.41, 5.74) is 6.12. The first-order chi connectivity index (χ1) is 7.56. The molecule has 0 fully saturated rings. The normalized spacial score (nSPS) is 15.4. The fourth-order valence-corrected chi connectivity index (χ4v) is 3.20. The molecule has 1 aromatic heterocycles. The smallest absolute Gasteiger partial charge is 0.0588 e. The fraction of sp³-hybridized carbons (Fsp3) is 0.692. The number of rotatable bonds is 6. The fourth-order valence-electron chi connectivity index (χ4n) is 2.04. The Bertz CT molecular complexity index is 307. The number of nitrogens with two attached hydrogens (primary N) is 1. The van der Waals surface area contributed by atoms with Gasteiger partial charge in [0.15, 0.2) is 0 Å². The van der Waals surface area contributed by atoms with Gasteiger partial charge in [0.25, 0.3) is 0 Å². The van der Waals surface area contributed by atoms with Crippen molar-refractivity contribution < 1.29 is 0 Å². The third-order valence-electron chi connectivity index (χ3n) is 2.89. The van der Waals surface area contributed by atoms with Crippen molar-refractivity contribution in [1.29, 1.82) is 0 Å². The standard InChI is InChI=1S/C13H24N2S/c1-5-6-9-15(4)13(11(3)14)12-8-7-10(2)16-12/h7-8,11,13H,5-6,9,14H2,1-4H3. The summed E-state index contributed by atoms with van der Waals surface area (Å²) in [5.74, 6) is 0. The molecule has 3 heteroatoms. The highest BCUT2D eigenvalue weighted by Gasteiger charge is 2.21. The van der Waals surface area contributed by atoms with Crippen LogP contribution in [0.3, 0.4) is 0 Å². The number of thiophene rings is 1. The van der Waals surface area contributed by atoms with Crippen molar-refractivity contribution in [3.05, 3.63) is 21.9 Å². The zero-order chi connectivity index (χ0) is 12.1. The van der Waals surface area contributed by atoms with Crippen molar-refractivity contribution in [2.45, 2.75) is 45.7 Å². The first-order valence-corrected chi connectivity index (χ1v) is 6.90. The average Bonchev–Trinajstić information content (AvgIpc) is 2.61. The van der Waals surface area contributed by atoms with Crippen LogP contribution >= 0.6 is 11.3 Å². The van der Waals surface area contributed by atoms with Crippen LogP contribution in [-0.2, 0) is 0 Å². The van der Waals surface area contributed by atoms with E-state index in [0.717, 1.165) is 6.54 Å². The molecule has 92 valence electrons. The summed E-state index contributed by atoms with van der Waals surface area (Å²) in [7, 11) is 2.18. The summed E-state index contributed by atoms with van der Waals surface area (Å²) >= 11 is 1.86. The molecule has 0 aliphatic heterocycles. The van der Waals surface area contributed by atoms with E-state index in [1.807, 2.05) is 11.3 Å². The molecule has 2 N–H and O–H groups in total. The van der Waals surface area contributed by atoms with Crippen molar-refractivity contribution in [3.8, 4) is 0 Å². The van der Waals surface area contributed by atoms with Gasteiger partial charge in [0.05, 0.1) is 6.04 Å². The van der Waals surface area contributed by atoms with Crippen molar-refractivity contribution in [2.75, 3.05) is 13.6 Å². The van der Waals surface area contributed by atoms with E-state index >= 15 is 0 Å². The number of hydrogen-bond acceptors (Lipinski definition) is 3. The summed E-state index contributed by atoms with van der Waals surface area (Å²) < 4.78 is 0. The van der Waals surface area contributed by atoms with Crippen LogP contribution in [0.1, 0.15) is 42.5 Å². The van der Waals surface area contributed by atoms with Crippen LogP contribution in [0.2, 0.25) is 0 Å². The van der Waals surface area contributed by atoms with Gasteiger partial charge in [0.1, 0.15) is 0 Å². The third kappa shape index (κ3) is 3.58. The summed E-state index contributed by atoms with van der Waals surface area (Å²) in [6.45, 7) is 7.60. The highest BCUT2D eigenvalue weighted by molar-refractivity contribution is 7.12. The van der Waals surface area contributed by atoms with Gasteiger partial charge in [-0.3, -0.25) is 4.90 Å². The van der Waals surface area contributed by atoms with Gasteiger partial charge in [-0.1, -0.05) is 13.3 Å². The van der Waals surface area contributed by atoms with Gasteiger partial charge < -0.3 is 5.73 Å². The molecule has 1 rings (SSSR count). The molecule has 2 unspecified atom stereocenters. The molecule has 1 heterocycles. The van der Waals surface area contributed by atoms with Gasteiger partial charge in [-0.2, -0.15) is 0 Å². The van der Waals surface area contributed by atoms with E-state index < -0.39 is 0 Å². The summed E-state index contributed by atoms with van der Waals surface area (Å²) in [5, 5.41) is 0. The third-order valence-corrected chi connectivity index (χ3v) is 3.96. The molecule has 0 aliphatic carbocycles. The lowest BCUT2D eigenvalue weighted by Crippen LogP contribution is -2.37. The maximum absolute atomic E-state index is 6.12. The lowest BCUT2D eigenvalue weighted by molar-refractivity contribution is 0.219. The van der Waals surface area contributed by atoms with Gasteiger partial charge in [-0.25, -0.2) is 0 Å². The van der Waals surface area contributed by atoms with Gasteiger partial charge in [-0.15, -0.1) is 11.3 Å². The van der Waals surface area contributed by atoms with Crippen LogP contribution < -0.4 is 5.73 Å². The Morgan fingerprint density at radius 3 is 2.56 bits per heavy atom. The number of aryl methyl sites for hydroxylation is 1. The molecule has 0 radical (unpaired) electrons. The summed E-state index contributed by atoms with van der Waals surface area (Å²) in [4.78, 5) is 5.15. The van der Waals surface area contributed by atoms with E-state index in [0.29, 0.717) is 6.04 Å². The monoisotopic (exact) mass is 240 g/mol. The molecule has 0 aromatic carbocycles. The van der Waals surface area contributed by atoms with Crippen LogP contribution in [0.25, 0.3) is 0 Å². The van der Waals surface area contributed by atoms with Crippen LogP contribution in [0.4, 0.5) is 0 Å². The topological polar surface area (TPSA) is 29.3 Å². The van der Waals surface area contributed by atoms with Crippen molar-refractivity contribution >= 4 is 11.3 Å². The second-order valence-corrected chi connectivity index (χ2v) is 5.91. The minimum absolute atomic E-state index is 0.180. The van der Waals surface area contributed by atoms with E-state index in [1.54, 1.807) is 0 Å². The van der Waals surface area contributed by atoms with Crippen molar-refractivity contribution in [2.24, 2.45) is 5.73 Å². The minimum atomic E-state index is 0.180. The molecule has 0 spiro atoms. The maximum Gasteiger partial charge on any atom is 0.0588 e. The van der Waals surface area contributed by atoms with E-state index in [2.05, 4.69) is 44.9 Å². The second-order valence-electron chi connectivity index (χ2n) is 4.59. The molecule has 0 saturated carbocycles. The maximum atomic E-state index is 6.12. The Morgan fingerprint density at radius 2 is 2.12 bits per heavy atom. The Hall–Kier alpha value is -0.380. The van der Waals surface area contributed by atoms with E-state index in [-0.39, 0.29) is 6.04 Å². The van der Waals surface area contributed by atoms with E-state index in [4.69, 9.17) is 5.73 Å². The highest BCUT2D eigenvalue weighted by atomic mass is 32.1. The van der Waals surface area contributed by atoms with Gasteiger partial charge in [0, 0.05) is 15.8 Å². The van der Waals surface area contributed by atoms with Crippen molar-refractivity contribution in [1.82, 2.24) is 4.90 Å². The van der Waals surface area contributed by atoms with Crippen LogP contribution in [0.5, 0.6) is 0 Å². The SMILES string of the molecule is CCCCN(C)C(c1ccc(C)s1)C(C)N. The predicted molar refractivity (Wildman–Crippen MR) is 73.0 cm³/mol. The Labute approximate surface area is 103 Å². The molecule has 2 nitrogen and oxygen atoms in total. The largest absolute Gasteiger partial charge is 0.326 e. The lowest BCUT2D eigenvalue weighted by Gasteiger charge is -2.30. The molecule has 0 bridgehead atoms. The Balaban J connectivity index is 2.74. The molecule has 2 atom stereocenters. The van der Waals surface area contributed by atoms with Crippen LogP contribution in [-0.4, -0.2) is 24.5 Å². The Kier molecular flexibility index (Phi) is 5.46. The van der Waals surface area contributed by atoms with Crippen LogP contribution in [0.15, 0.2) is 12.1 Å². The zero-order valence-corrected chi connectivity index (χ0v) is 11.7. The predicted octanol–water partition coefficient (Wildman–Crippen LogP) is 3.18. The molecular formula is C13H24N2S. The summed E-state index contributed by atoms with van der Waals surface area (Å²) in [6.07, 6.45) is 2.48. The minimum Gasteiger partial charge on any atom is -0.326 e. The lowest BCUT2D eigenvalue weighted by atomic mass is 10.1. The van der Waals surface area contributed by atoms with E-state index in [9.17, 15) is 0 Å².